The number of nitrogens with zero attached hydrogens (tertiary/aromatic N) is 4. The molecule has 4 rings (SSSR count). The molecule has 0 unspecified atom stereocenters. The first-order valence-electron chi connectivity index (χ1n) is 10.5. The molecule has 162 valence electrons. The molecule has 4 aromatic rings. The molecule has 8 heteroatoms. The molecule has 0 amide bonds. The van der Waals surface area contributed by atoms with Crippen LogP contribution in [0.5, 0.6) is 0 Å². The summed E-state index contributed by atoms with van der Waals surface area (Å²) >= 11 is 0. The number of H-pyrrole nitrogens is 1. The Hall–Kier alpha value is -2.84. The van der Waals surface area contributed by atoms with Gasteiger partial charge in [-0.05, 0) is 61.0 Å². The van der Waals surface area contributed by atoms with Crippen LogP contribution in [0.25, 0.3) is 22.5 Å². The Kier molecular flexibility index (Phi) is 5.53. The smallest absolute Gasteiger partial charge is 0.257 e. The lowest BCUT2D eigenvalue weighted by Gasteiger charge is -2.36. The van der Waals surface area contributed by atoms with Crippen molar-refractivity contribution in [2.75, 3.05) is 0 Å². The van der Waals surface area contributed by atoms with Gasteiger partial charge in [0, 0.05) is 23.9 Å². The van der Waals surface area contributed by atoms with Crippen LogP contribution in [0.15, 0.2) is 41.1 Å². The summed E-state index contributed by atoms with van der Waals surface area (Å²) in [5, 5.41) is 4.05. The minimum Gasteiger partial charge on any atom is -0.413 e. The fraction of sp³-hybridized carbons (Fsp3) is 0.391. The molecule has 0 saturated carbocycles. The Balaban J connectivity index is 1.49. The maximum Gasteiger partial charge on any atom is 0.257 e. The summed E-state index contributed by atoms with van der Waals surface area (Å²) < 4.78 is 11.6. The highest BCUT2D eigenvalue weighted by molar-refractivity contribution is 6.74. The summed E-state index contributed by atoms with van der Waals surface area (Å²) in [5.74, 6) is 1.99. The van der Waals surface area contributed by atoms with Crippen molar-refractivity contribution in [2.24, 2.45) is 0 Å². The maximum absolute atomic E-state index is 6.36. The second kappa shape index (κ2) is 8.01. The van der Waals surface area contributed by atoms with Crippen LogP contribution >= 0.6 is 0 Å². The van der Waals surface area contributed by atoms with Crippen LogP contribution in [-0.2, 0) is 17.5 Å². The van der Waals surface area contributed by atoms with Crippen LogP contribution in [0.3, 0.4) is 0 Å². The molecule has 1 N–H and O–H groups in total. The van der Waals surface area contributed by atoms with E-state index < -0.39 is 8.32 Å². The number of imidazole rings is 1. The van der Waals surface area contributed by atoms with Gasteiger partial charge in [0.25, 0.3) is 5.89 Å². The summed E-state index contributed by atoms with van der Waals surface area (Å²) in [7, 11) is -1.79. The maximum atomic E-state index is 6.36. The third-order valence-corrected chi connectivity index (χ3v) is 10.4. The molecule has 0 aliphatic carbocycles. The lowest BCUT2D eigenvalue weighted by atomic mass is 10.2. The van der Waals surface area contributed by atoms with Crippen LogP contribution in [0, 0.1) is 6.92 Å². The van der Waals surface area contributed by atoms with Gasteiger partial charge in [-0.15, -0.1) is 0 Å². The van der Waals surface area contributed by atoms with Crippen LogP contribution in [0.1, 0.15) is 43.7 Å². The number of hydrogen-bond acceptors (Lipinski definition) is 6. The number of pyridine rings is 1. The van der Waals surface area contributed by atoms with Gasteiger partial charge in [0.05, 0.1) is 17.6 Å². The van der Waals surface area contributed by atoms with Crippen LogP contribution in [0.4, 0.5) is 0 Å². The van der Waals surface area contributed by atoms with Crippen molar-refractivity contribution in [1.82, 2.24) is 25.1 Å². The molecule has 0 aliphatic rings. The fourth-order valence-corrected chi connectivity index (χ4v) is 4.02. The summed E-state index contributed by atoms with van der Waals surface area (Å²) in [4.78, 5) is 16.9. The lowest BCUT2D eigenvalue weighted by molar-refractivity contribution is 0.276. The first kappa shape index (κ1) is 21.4. The van der Waals surface area contributed by atoms with Crippen molar-refractivity contribution in [3.8, 4) is 11.5 Å². The molecular formula is C23H29N5O2Si. The Bertz CT molecular complexity index is 1210. The first-order valence-corrected chi connectivity index (χ1v) is 13.4. The van der Waals surface area contributed by atoms with E-state index in [9.17, 15) is 0 Å². The lowest BCUT2D eigenvalue weighted by Crippen LogP contribution is -2.40. The van der Waals surface area contributed by atoms with Crippen molar-refractivity contribution < 1.29 is 8.95 Å². The average Bonchev–Trinajstić information content (AvgIpc) is 3.30. The van der Waals surface area contributed by atoms with E-state index in [0.29, 0.717) is 24.7 Å². The fourth-order valence-electron chi connectivity index (χ4n) is 3.06. The number of aromatic amines is 1. The van der Waals surface area contributed by atoms with E-state index in [-0.39, 0.29) is 5.04 Å². The van der Waals surface area contributed by atoms with Crippen molar-refractivity contribution >= 4 is 19.4 Å². The number of rotatable bonds is 6. The zero-order valence-corrected chi connectivity index (χ0v) is 20.0. The molecule has 1 aromatic carbocycles. The van der Waals surface area contributed by atoms with Gasteiger partial charge in [-0.1, -0.05) is 25.9 Å². The van der Waals surface area contributed by atoms with Crippen LogP contribution in [-0.4, -0.2) is 33.4 Å². The van der Waals surface area contributed by atoms with Gasteiger partial charge in [-0.3, -0.25) is 4.98 Å². The Morgan fingerprint density at radius 3 is 2.61 bits per heavy atom. The van der Waals surface area contributed by atoms with E-state index in [2.05, 4.69) is 60.0 Å². The zero-order valence-electron chi connectivity index (χ0n) is 19.0. The third-order valence-electron chi connectivity index (χ3n) is 5.94. The second-order valence-corrected chi connectivity index (χ2v) is 14.3. The van der Waals surface area contributed by atoms with E-state index in [1.54, 1.807) is 6.92 Å². The number of nitrogens with one attached hydrogen (secondary N) is 1. The number of aromatic nitrogens is 5. The number of aryl methyl sites for hydroxylation is 1. The van der Waals surface area contributed by atoms with E-state index in [0.717, 1.165) is 33.7 Å². The molecule has 0 radical (unpaired) electrons. The largest absolute Gasteiger partial charge is 0.413 e. The molecule has 0 saturated heterocycles. The Morgan fingerprint density at radius 2 is 1.90 bits per heavy atom. The Labute approximate surface area is 183 Å². The minimum atomic E-state index is -1.79. The van der Waals surface area contributed by atoms with Crippen molar-refractivity contribution in [2.45, 2.75) is 58.9 Å². The molecule has 3 heterocycles. The van der Waals surface area contributed by atoms with Gasteiger partial charge < -0.3 is 13.9 Å². The van der Waals surface area contributed by atoms with Gasteiger partial charge in [0.1, 0.15) is 5.82 Å². The van der Waals surface area contributed by atoms with Gasteiger partial charge >= 0.3 is 0 Å². The molecule has 0 atom stereocenters. The van der Waals surface area contributed by atoms with Gasteiger partial charge in [-0.2, -0.15) is 4.98 Å². The summed E-state index contributed by atoms with van der Waals surface area (Å²) in [6, 6.07) is 10.0. The molecule has 7 nitrogen and oxygen atoms in total. The summed E-state index contributed by atoms with van der Waals surface area (Å²) in [6.45, 7) is 13.7. The second-order valence-electron chi connectivity index (χ2n) is 9.44. The number of fused-ring (bicyclic) bond motifs is 1. The average molecular weight is 436 g/mol. The quantitative estimate of drug-likeness (QED) is 0.406. The summed E-state index contributed by atoms with van der Waals surface area (Å²) in [6.07, 6.45) is 2.47. The van der Waals surface area contributed by atoms with Crippen molar-refractivity contribution in [3.05, 3.63) is 59.4 Å². The zero-order chi connectivity index (χ0) is 22.2. The predicted octanol–water partition coefficient (Wildman–Crippen LogP) is 5.43. The highest BCUT2D eigenvalue weighted by atomic mass is 28.4. The van der Waals surface area contributed by atoms with Crippen molar-refractivity contribution in [3.63, 3.8) is 0 Å². The SMILES string of the molecule is Cc1noc(-c2ccc3nc(Cc4cc(CO[Si](C)(C)C(C)(C)C)ccn4)[nH]c3c2)n1. The van der Waals surface area contributed by atoms with Crippen molar-refractivity contribution in [1.29, 1.82) is 0 Å². The normalized spacial score (nSPS) is 12.6. The highest BCUT2D eigenvalue weighted by Crippen LogP contribution is 2.37. The molecule has 0 spiro atoms. The number of benzene rings is 1. The monoisotopic (exact) mass is 435 g/mol. The molecule has 0 bridgehead atoms. The highest BCUT2D eigenvalue weighted by Gasteiger charge is 2.37. The summed E-state index contributed by atoms with van der Waals surface area (Å²) in [5.41, 5.74) is 4.79. The van der Waals surface area contributed by atoms with E-state index in [1.807, 2.05) is 30.5 Å². The predicted molar refractivity (Wildman–Crippen MR) is 123 cm³/mol. The molecular weight excluding hydrogens is 406 g/mol. The molecule has 0 fully saturated rings. The standard InChI is InChI=1S/C23H29N5O2Si/c1-15-25-22(30-28-15)17-7-8-19-20(12-17)27-21(26-19)13-18-11-16(9-10-24-18)14-29-31(5,6)23(2,3)4/h7-12H,13-14H2,1-6H3,(H,26,27). The Morgan fingerprint density at radius 1 is 1.10 bits per heavy atom. The van der Waals surface area contributed by atoms with E-state index in [1.165, 1.54) is 0 Å². The van der Waals surface area contributed by atoms with E-state index in [4.69, 9.17) is 13.9 Å². The van der Waals surface area contributed by atoms with Gasteiger partial charge in [0.2, 0.25) is 0 Å². The topological polar surface area (TPSA) is 89.7 Å². The minimum absolute atomic E-state index is 0.190. The van der Waals surface area contributed by atoms with Crippen LogP contribution < -0.4 is 0 Å². The molecule has 31 heavy (non-hydrogen) atoms. The molecule has 3 aromatic heterocycles. The third kappa shape index (κ3) is 4.75. The van der Waals surface area contributed by atoms with Gasteiger partial charge in [0.15, 0.2) is 14.1 Å². The number of hydrogen-bond donors (Lipinski definition) is 1. The molecule has 0 aliphatic heterocycles. The van der Waals surface area contributed by atoms with E-state index >= 15 is 0 Å². The first-order chi connectivity index (χ1) is 14.6. The van der Waals surface area contributed by atoms with Gasteiger partial charge in [-0.25, -0.2) is 4.98 Å². The van der Waals surface area contributed by atoms with Crippen LogP contribution in [0.2, 0.25) is 18.1 Å².